The number of amides is 11. The molecule has 0 aromatic heterocycles. The van der Waals surface area contributed by atoms with Crippen molar-refractivity contribution in [2.75, 3.05) is 48.8 Å². The molecule has 12 atom stereocenters. The SMILES string of the molecule is C/C=C/CC(C)[C@@H](O)[C@H]1C(=O)N[C@@H](CC)C(=O)N(C)CC(=O)N[C@@H](CC(C)C)C(=O)N[C@@H](C(C)C)C(=O)N(C)[C@@H](CC(C)C)C(=O)NC(C)C(=O)NC(C)C(=O)N(C)[C@@H](CC(C)C)C(=O)N(C)[C@@H](CC(C)C)C(=O)N(C)[C@@H](C(C)C)C(=O)N1C. The first kappa shape index (κ1) is 75.9. The van der Waals surface area contributed by atoms with Crippen LogP contribution in [0.5, 0.6) is 0 Å². The van der Waals surface area contributed by atoms with Gasteiger partial charge in [0.15, 0.2) is 0 Å². The summed E-state index contributed by atoms with van der Waals surface area (Å²) in [4.78, 5) is 166. The molecular weight excluding hydrogens is 1080 g/mol. The fourth-order valence-electron chi connectivity index (χ4n) is 10.5. The van der Waals surface area contributed by atoms with Crippen LogP contribution in [0.15, 0.2) is 12.2 Å². The zero-order valence-electron chi connectivity index (χ0n) is 55.1. The smallest absolute Gasteiger partial charge is 0.246 e. The fraction of sp³-hybridized carbons (Fsp3) is 0.787. The molecule has 0 radical (unpaired) electrons. The van der Waals surface area contributed by atoms with Crippen LogP contribution in [-0.4, -0.2) is 215 Å². The number of allylic oxidation sites excluding steroid dienone is 2. The number of hydrogen-bond acceptors (Lipinski definition) is 12. The van der Waals surface area contributed by atoms with Gasteiger partial charge in [-0.05, 0) is 101 Å². The zero-order valence-corrected chi connectivity index (χ0v) is 55.1. The van der Waals surface area contributed by atoms with E-state index in [-0.39, 0.29) is 55.8 Å². The predicted octanol–water partition coefficient (Wildman–Crippen LogP) is 2.93. The van der Waals surface area contributed by atoms with E-state index in [0.29, 0.717) is 6.42 Å². The third-order valence-corrected chi connectivity index (χ3v) is 15.6. The predicted molar refractivity (Wildman–Crippen MR) is 324 cm³/mol. The molecule has 0 aliphatic carbocycles. The van der Waals surface area contributed by atoms with E-state index in [2.05, 4.69) is 26.6 Å². The standard InChI is InChI=1S/C61H109N11O12/c1-24-26-27-39(15)51(74)50-55(78)65-42(25-2)57(80)67(18)32-47(73)64-43(28-33(3)4)53(76)66-48(37(11)12)60(83)68(19)44(29-34(5)6)54(77)62-40(16)52(75)63-41(17)56(79)69(20)45(30-35(7)8)58(81)70(21)46(31-36(9)10)59(82)71(22)49(38(13)14)61(84)72(50)23/h24,26,33-46,48-51,74H,25,27-32H2,1-23H3,(H,62,77)(H,63,75)(H,64,73)(H,65,78)(H,66,76)/b26-24+/t39?,40?,41?,42-,43-,44-,45-,46-,48-,49-,50-,51+/m0/s1. The van der Waals surface area contributed by atoms with Crippen LogP contribution < -0.4 is 26.6 Å². The van der Waals surface area contributed by atoms with Crippen molar-refractivity contribution in [1.82, 2.24) is 56.0 Å². The number of carbonyl (C=O) groups is 11. The summed E-state index contributed by atoms with van der Waals surface area (Å²) >= 11 is 0. The highest BCUT2D eigenvalue weighted by molar-refractivity contribution is 5.99. The van der Waals surface area contributed by atoms with Crippen LogP contribution in [0.2, 0.25) is 0 Å². The van der Waals surface area contributed by atoms with Gasteiger partial charge in [-0.3, -0.25) is 52.7 Å². The van der Waals surface area contributed by atoms with E-state index in [1.54, 1.807) is 60.6 Å². The summed E-state index contributed by atoms with van der Waals surface area (Å²) in [6, 6.07) is -12.4. The molecule has 0 aromatic rings. The summed E-state index contributed by atoms with van der Waals surface area (Å²) in [6.45, 7) is 29.2. The highest BCUT2D eigenvalue weighted by atomic mass is 16.3. The van der Waals surface area contributed by atoms with Gasteiger partial charge in [0.2, 0.25) is 65.0 Å². The van der Waals surface area contributed by atoms with Gasteiger partial charge in [0, 0.05) is 42.3 Å². The number of carbonyl (C=O) groups excluding carboxylic acids is 11. The monoisotopic (exact) mass is 1190 g/mol. The molecular formula is C61H109N11O12. The summed E-state index contributed by atoms with van der Waals surface area (Å²) in [7, 11) is 8.46. The highest BCUT2D eigenvalue weighted by Crippen LogP contribution is 2.25. The van der Waals surface area contributed by atoms with Gasteiger partial charge in [-0.15, -0.1) is 0 Å². The lowest BCUT2D eigenvalue weighted by molar-refractivity contribution is -0.157. The third-order valence-electron chi connectivity index (χ3n) is 15.6. The number of aliphatic hydroxyl groups excluding tert-OH is 1. The molecule has 1 saturated heterocycles. The number of nitrogens with one attached hydrogen (secondary N) is 5. The Morgan fingerprint density at radius 1 is 0.464 bits per heavy atom. The molecule has 6 N–H and O–H groups in total. The number of rotatable bonds is 15. The lowest BCUT2D eigenvalue weighted by Gasteiger charge is -2.41. The summed E-state index contributed by atoms with van der Waals surface area (Å²) < 4.78 is 0. The Balaban J connectivity index is 4.27. The minimum Gasteiger partial charge on any atom is -0.390 e. The van der Waals surface area contributed by atoms with Crippen molar-refractivity contribution in [2.24, 2.45) is 41.4 Å². The molecule has 23 heteroatoms. The Bertz CT molecular complexity index is 2290. The van der Waals surface area contributed by atoms with Crippen molar-refractivity contribution in [1.29, 1.82) is 0 Å². The van der Waals surface area contributed by atoms with E-state index in [1.165, 1.54) is 75.7 Å². The molecule has 3 unspecified atom stereocenters. The fourth-order valence-corrected chi connectivity index (χ4v) is 10.5. The average Bonchev–Trinajstić information content (AvgIpc) is 3.34. The number of hydrogen-bond donors (Lipinski definition) is 6. The van der Waals surface area contributed by atoms with Gasteiger partial charge < -0.3 is 61.1 Å². The third kappa shape index (κ3) is 21.7. The van der Waals surface area contributed by atoms with Crippen molar-refractivity contribution in [2.45, 2.75) is 223 Å². The maximum atomic E-state index is 15.1. The number of likely N-dealkylation sites (N-methyl/N-ethyl adjacent to an activating group) is 6. The summed E-state index contributed by atoms with van der Waals surface area (Å²) in [6.07, 6.45) is 3.01. The van der Waals surface area contributed by atoms with Crippen molar-refractivity contribution in [3.8, 4) is 0 Å². The molecule has 1 aliphatic heterocycles. The lowest BCUT2D eigenvalue weighted by Crippen LogP contribution is -2.63. The summed E-state index contributed by atoms with van der Waals surface area (Å²) in [5.41, 5.74) is 0. The van der Waals surface area contributed by atoms with Crippen molar-refractivity contribution >= 4 is 65.0 Å². The average molecular weight is 1190 g/mol. The summed E-state index contributed by atoms with van der Waals surface area (Å²) in [5.74, 6) is -9.86. The topological polar surface area (TPSA) is 288 Å². The van der Waals surface area contributed by atoms with Gasteiger partial charge in [0.25, 0.3) is 0 Å². The highest BCUT2D eigenvalue weighted by Gasteiger charge is 2.45. The van der Waals surface area contributed by atoms with Crippen LogP contribution in [0.1, 0.15) is 156 Å². The summed E-state index contributed by atoms with van der Waals surface area (Å²) in [5, 5.41) is 25.7. The van der Waals surface area contributed by atoms with Crippen molar-refractivity contribution < 1.29 is 57.8 Å². The maximum absolute atomic E-state index is 15.1. The van der Waals surface area contributed by atoms with E-state index >= 15 is 9.59 Å². The van der Waals surface area contributed by atoms with Gasteiger partial charge in [-0.2, -0.15) is 0 Å². The second kappa shape index (κ2) is 34.7. The Labute approximate surface area is 502 Å². The van der Waals surface area contributed by atoms with Crippen molar-refractivity contribution in [3.05, 3.63) is 12.2 Å². The molecule has 84 heavy (non-hydrogen) atoms. The maximum Gasteiger partial charge on any atom is 0.246 e. The molecule has 1 heterocycles. The van der Waals surface area contributed by atoms with E-state index in [1.807, 2.05) is 55.4 Å². The number of aliphatic hydroxyl groups is 1. The molecule has 0 saturated carbocycles. The molecule has 1 rings (SSSR count). The van der Waals surface area contributed by atoms with E-state index < -0.39 is 156 Å². The first-order valence-corrected chi connectivity index (χ1v) is 30.2. The van der Waals surface area contributed by atoms with Gasteiger partial charge >= 0.3 is 0 Å². The van der Waals surface area contributed by atoms with E-state index in [0.717, 1.165) is 9.80 Å². The van der Waals surface area contributed by atoms with Crippen LogP contribution in [0.25, 0.3) is 0 Å². The molecule has 0 bridgehead atoms. The van der Waals surface area contributed by atoms with Crippen LogP contribution in [0.4, 0.5) is 0 Å². The molecule has 0 spiro atoms. The quantitative estimate of drug-likeness (QED) is 0.129. The Kier molecular flexibility index (Phi) is 31.4. The molecule has 1 aliphatic rings. The normalized spacial score (nSPS) is 27.0. The molecule has 1 fully saturated rings. The molecule has 11 amide bonds. The minimum absolute atomic E-state index is 0.0205. The van der Waals surface area contributed by atoms with Crippen LogP contribution in [0, 0.1) is 41.4 Å². The minimum atomic E-state index is -1.61. The number of nitrogens with zero attached hydrogens (tertiary/aromatic N) is 6. The van der Waals surface area contributed by atoms with Crippen LogP contribution in [-0.2, 0) is 52.7 Å². The molecule has 23 nitrogen and oxygen atoms in total. The van der Waals surface area contributed by atoms with Gasteiger partial charge in [-0.25, -0.2) is 0 Å². The second-order valence-corrected chi connectivity index (χ2v) is 25.7. The van der Waals surface area contributed by atoms with Crippen LogP contribution in [0.3, 0.4) is 0 Å². The Hall–Kier alpha value is -6.13. The largest absolute Gasteiger partial charge is 0.390 e. The van der Waals surface area contributed by atoms with Crippen molar-refractivity contribution in [3.63, 3.8) is 0 Å². The van der Waals surface area contributed by atoms with Gasteiger partial charge in [0.1, 0.15) is 60.4 Å². The zero-order chi connectivity index (χ0) is 65.1. The Morgan fingerprint density at radius 2 is 0.917 bits per heavy atom. The van der Waals surface area contributed by atoms with E-state index in [9.17, 15) is 48.3 Å². The first-order chi connectivity index (χ1) is 38.8. The van der Waals surface area contributed by atoms with Gasteiger partial charge in [-0.1, -0.05) is 109 Å². The second-order valence-electron chi connectivity index (χ2n) is 25.7. The van der Waals surface area contributed by atoms with Gasteiger partial charge in [0.05, 0.1) is 12.6 Å². The Morgan fingerprint density at radius 3 is 1.38 bits per heavy atom. The van der Waals surface area contributed by atoms with E-state index in [4.69, 9.17) is 0 Å². The lowest BCUT2D eigenvalue weighted by atomic mass is 9.91. The molecule has 0 aromatic carbocycles. The first-order valence-electron chi connectivity index (χ1n) is 30.2. The molecule has 480 valence electrons. The van der Waals surface area contributed by atoms with Crippen LogP contribution >= 0.6 is 0 Å².